The molecular formula is C18H22ClN3O3. The van der Waals surface area contributed by atoms with E-state index in [0.717, 1.165) is 11.3 Å². The maximum Gasteiger partial charge on any atom is 0.261 e. The minimum absolute atomic E-state index is 0. The van der Waals surface area contributed by atoms with E-state index in [4.69, 9.17) is 5.73 Å². The van der Waals surface area contributed by atoms with Crippen molar-refractivity contribution in [1.82, 2.24) is 9.80 Å². The van der Waals surface area contributed by atoms with Gasteiger partial charge in [0.05, 0.1) is 11.1 Å². The van der Waals surface area contributed by atoms with E-state index in [2.05, 4.69) is 6.58 Å². The molecule has 2 N–H and O–H groups in total. The summed E-state index contributed by atoms with van der Waals surface area (Å²) in [4.78, 5) is 40.3. The number of halogens is 1. The van der Waals surface area contributed by atoms with Gasteiger partial charge in [0.25, 0.3) is 17.7 Å². The van der Waals surface area contributed by atoms with Crippen LogP contribution in [0.1, 0.15) is 44.4 Å². The van der Waals surface area contributed by atoms with Crippen molar-refractivity contribution >= 4 is 30.1 Å². The Morgan fingerprint density at radius 1 is 1.32 bits per heavy atom. The molecule has 1 aromatic carbocycles. The van der Waals surface area contributed by atoms with Gasteiger partial charge >= 0.3 is 0 Å². The lowest BCUT2D eigenvalue weighted by Crippen LogP contribution is -2.34. The lowest BCUT2D eigenvalue weighted by atomic mass is 10.0. The molecule has 1 saturated heterocycles. The molecule has 0 saturated carbocycles. The van der Waals surface area contributed by atoms with Crippen LogP contribution in [0.15, 0.2) is 30.9 Å². The molecule has 3 rings (SSSR count). The van der Waals surface area contributed by atoms with Gasteiger partial charge in [0.15, 0.2) is 0 Å². The third-order valence-electron chi connectivity index (χ3n) is 4.78. The van der Waals surface area contributed by atoms with Gasteiger partial charge in [-0.2, -0.15) is 0 Å². The lowest BCUT2D eigenvalue weighted by Gasteiger charge is -2.21. The number of benzene rings is 1. The van der Waals surface area contributed by atoms with Crippen molar-refractivity contribution in [3.63, 3.8) is 0 Å². The number of carbonyl (C=O) groups is 3. The first kappa shape index (κ1) is 19.1. The van der Waals surface area contributed by atoms with Gasteiger partial charge in [0, 0.05) is 24.7 Å². The predicted octanol–water partition coefficient (Wildman–Crippen LogP) is 1.70. The monoisotopic (exact) mass is 363 g/mol. The fourth-order valence-electron chi connectivity index (χ4n) is 3.48. The second kappa shape index (κ2) is 7.37. The summed E-state index contributed by atoms with van der Waals surface area (Å²) in [5.74, 6) is -0.529. The Morgan fingerprint density at radius 3 is 2.60 bits per heavy atom. The summed E-state index contributed by atoms with van der Waals surface area (Å²) >= 11 is 0. The van der Waals surface area contributed by atoms with E-state index in [1.54, 1.807) is 17.0 Å². The Kier molecular flexibility index (Phi) is 5.65. The molecule has 25 heavy (non-hydrogen) atoms. The molecule has 134 valence electrons. The first-order chi connectivity index (χ1) is 11.5. The molecule has 0 spiro atoms. The summed E-state index contributed by atoms with van der Waals surface area (Å²) < 4.78 is 0. The average molecular weight is 364 g/mol. The summed E-state index contributed by atoms with van der Waals surface area (Å²) in [6.07, 6.45) is 2.39. The van der Waals surface area contributed by atoms with Crippen LogP contribution in [0.25, 0.3) is 0 Å². The highest BCUT2D eigenvalue weighted by molar-refractivity contribution is 6.22. The van der Waals surface area contributed by atoms with E-state index in [-0.39, 0.29) is 48.3 Å². The zero-order valence-electron chi connectivity index (χ0n) is 14.1. The fourth-order valence-corrected chi connectivity index (χ4v) is 3.48. The zero-order valence-corrected chi connectivity index (χ0v) is 14.9. The predicted molar refractivity (Wildman–Crippen MR) is 96.9 cm³/mol. The van der Waals surface area contributed by atoms with Crippen LogP contribution in [0.2, 0.25) is 0 Å². The first-order valence-electron chi connectivity index (χ1n) is 8.10. The maximum absolute atomic E-state index is 12.8. The zero-order chi connectivity index (χ0) is 17.4. The molecule has 2 atom stereocenters. The van der Waals surface area contributed by atoms with E-state index < -0.39 is 0 Å². The number of nitrogens with zero attached hydrogens (tertiary/aromatic N) is 2. The van der Waals surface area contributed by atoms with Crippen molar-refractivity contribution < 1.29 is 14.4 Å². The highest BCUT2D eigenvalue weighted by Gasteiger charge is 2.37. The largest absolute Gasteiger partial charge is 0.336 e. The fraction of sp³-hybridized carbons (Fsp3) is 0.389. The number of hydrogen-bond acceptors (Lipinski definition) is 4. The molecule has 0 bridgehead atoms. The second-order valence-corrected chi connectivity index (χ2v) is 6.41. The van der Waals surface area contributed by atoms with Crippen molar-refractivity contribution in [2.75, 3.05) is 19.6 Å². The first-order valence-corrected chi connectivity index (χ1v) is 8.10. The molecule has 1 fully saturated rings. The number of imide groups is 1. The van der Waals surface area contributed by atoms with E-state index in [9.17, 15) is 14.4 Å². The standard InChI is InChI=1S/C18H21N3O3.ClH/c1-3-6-20-17(23)14-5-4-13(8-15(14)18(20)24)16(22)21-10-12(9-19)7-11(21)2;/h3-5,8,11-12H,1,6-7,9-10,19H2,2H3;1H. The average Bonchev–Trinajstić information content (AvgIpc) is 3.07. The van der Waals surface area contributed by atoms with Crippen LogP contribution in [0.4, 0.5) is 0 Å². The van der Waals surface area contributed by atoms with Crippen LogP contribution < -0.4 is 5.73 Å². The van der Waals surface area contributed by atoms with Gasteiger partial charge in [0.1, 0.15) is 0 Å². The van der Waals surface area contributed by atoms with Gasteiger partial charge in [-0.05, 0) is 44.0 Å². The van der Waals surface area contributed by atoms with Crippen molar-refractivity contribution in [3.05, 3.63) is 47.5 Å². The summed E-state index contributed by atoms with van der Waals surface area (Å²) in [6, 6.07) is 4.83. The van der Waals surface area contributed by atoms with Crippen LogP contribution in [0.3, 0.4) is 0 Å². The molecule has 0 radical (unpaired) electrons. The summed E-state index contributed by atoms with van der Waals surface area (Å²) in [6.45, 7) is 6.91. The van der Waals surface area contributed by atoms with Gasteiger partial charge in [-0.15, -0.1) is 19.0 Å². The summed E-state index contributed by atoms with van der Waals surface area (Å²) in [5.41, 5.74) is 6.77. The summed E-state index contributed by atoms with van der Waals surface area (Å²) in [7, 11) is 0. The van der Waals surface area contributed by atoms with Gasteiger partial charge in [-0.1, -0.05) is 6.08 Å². The van der Waals surface area contributed by atoms with Gasteiger partial charge < -0.3 is 10.6 Å². The minimum atomic E-state index is -0.376. The van der Waals surface area contributed by atoms with E-state index >= 15 is 0 Å². The van der Waals surface area contributed by atoms with Crippen molar-refractivity contribution in [1.29, 1.82) is 0 Å². The molecule has 2 aliphatic heterocycles. The molecule has 1 aromatic rings. The minimum Gasteiger partial charge on any atom is -0.336 e. The molecule has 7 heteroatoms. The maximum atomic E-state index is 12.8. The number of hydrogen-bond donors (Lipinski definition) is 1. The Labute approximate surface area is 153 Å². The molecular weight excluding hydrogens is 342 g/mol. The van der Waals surface area contributed by atoms with Crippen LogP contribution in [0.5, 0.6) is 0 Å². The normalized spacial score (nSPS) is 22.0. The smallest absolute Gasteiger partial charge is 0.261 e. The molecule has 3 amide bonds. The number of rotatable bonds is 4. The van der Waals surface area contributed by atoms with Crippen LogP contribution >= 0.6 is 12.4 Å². The number of fused-ring (bicyclic) bond motifs is 1. The highest BCUT2D eigenvalue weighted by atomic mass is 35.5. The quantitative estimate of drug-likeness (QED) is 0.652. The number of likely N-dealkylation sites (tertiary alicyclic amines) is 1. The summed E-state index contributed by atoms with van der Waals surface area (Å²) in [5, 5.41) is 0. The SMILES string of the molecule is C=CCN1C(=O)c2ccc(C(=O)N3CC(CN)CC3C)cc2C1=O.Cl. The third-order valence-corrected chi connectivity index (χ3v) is 4.78. The molecule has 2 aliphatic rings. The van der Waals surface area contributed by atoms with Crippen molar-refractivity contribution in [3.8, 4) is 0 Å². The number of nitrogens with two attached hydrogens (primary N) is 1. The molecule has 2 heterocycles. The van der Waals surface area contributed by atoms with Gasteiger partial charge in [-0.3, -0.25) is 19.3 Å². The van der Waals surface area contributed by atoms with E-state index in [0.29, 0.717) is 30.1 Å². The Morgan fingerprint density at radius 2 is 2.00 bits per heavy atom. The Hall–Kier alpha value is -2.18. The Balaban J connectivity index is 0.00000225. The van der Waals surface area contributed by atoms with Crippen LogP contribution in [-0.4, -0.2) is 53.2 Å². The van der Waals surface area contributed by atoms with E-state index in [1.165, 1.54) is 12.1 Å². The molecule has 6 nitrogen and oxygen atoms in total. The highest BCUT2D eigenvalue weighted by Crippen LogP contribution is 2.27. The topological polar surface area (TPSA) is 83.7 Å². The number of amides is 3. The van der Waals surface area contributed by atoms with Crippen molar-refractivity contribution in [2.45, 2.75) is 19.4 Å². The van der Waals surface area contributed by atoms with Gasteiger partial charge in [0.2, 0.25) is 0 Å². The lowest BCUT2D eigenvalue weighted by molar-refractivity contribution is 0.0671. The molecule has 2 unspecified atom stereocenters. The Bertz CT molecular complexity index is 734. The number of carbonyl (C=O) groups excluding carboxylic acids is 3. The molecule has 0 aliphatic carbocycles. The van der Waals surface area contributed by atoms with Crippen molar-refractivity contribution in [2.24, 2.45) is 11.7 Å². The van der Waals surface area contributed by atoms with E-state index in [1.807, 2.05) is 6.92 Å². The van der Waals surface area contributed by atoms with Crippen LogP contribution in [0, 0.1) is 5.92 Å². The van der Waals surface area contributed by atoms with Crippen LogP contribution in [-0.2, 0) is 0 Å². The molecule has 0 aromatic heterocycles. The second-order valence-electron chi connectivity index (χ2n) is 6.41. The third kappa shape index (κ3) is 3.19. The van der Waals surface area contributed by atoms with Gasteiger partial charge in [-0.25, -0.2) is 0 Å².